The van der Waals surface area contributed by atoms with E-state index < -0.39 is 0 Å². The third-order valence-electron chi connectivity index (χ3n) is 2.90. The molecule has 22 heavy (non-hydrogen) atoms. The number of hydrogen-bond acceptors (Lipinski definition) is 5. The maximum Gasteiger partial charge on any atom is 0.271 e. The number of ether oxygens (including phenoxy) is 1. The average molecular weight is 303 g/mol. The largest absolute Gasteiger partial charge is 0.487 e. The Hall–Kier alpha value is -2.67. The number of Topliss-reactive ketones (excluding diaryl/α,β-unsaturated/α-hetero) is 1. The molecular weight excluding hydrogens is 286 g/mol. The van der Waals surface area contributed by atoms with Gasteiger partial charge in [-0.1, -0.05) is 12.1 Å². The summed E-state index contributed by atoms with van der Waals surface area (Å²) < 4.78 is 5.56. The van der Waals surface area contributed by atoms with Gasteiger partial charge >= 0.3 is 0 Å². The van der Waals surface area contributed by atoms with Crippen molar-refractivity contribution < 1.29 is 19.4 Å². The van der Waals surface area contributed by atoms with Gasteiger partial charge in [-0.3, -0.25) is 14.7 Å². The lowest BCUT2D eigenvalue weighted by atomic mass is 10.1. The summed E-state index contributed by atoms with van der Waals surface area (Å²) in [6.45, 7) is 1.74. The van der Waals surface area contributed by atoms with Gasteiger partial charge in [0.25, 0.3) is 5.91 Å². The van der Waals surface area contributed by atoms with Gasteiger partial charge in [-0.25, -0.2) is 0 Å². The molecule has 1 aromatic heterocycles. The Morgan fingerprint density at radius 1 is 1.36 bits per heavy atom. The summed E-state index contributed by atoms with van der Waals surface area (Å²) in [7, 11) is 0. The summed E-state index contributed by atoms with van der Waals surface area (Å²) in [5, 5.41) is 17.7. The van der Waals surface area contributed by atoms with Crippen LogP contribution in [0.5, 0.6) is 5.75 Å². The van der Waals surface area contributed by atoms with E-state index >= 15 is 0 Å². The number of H-pyrrole nitrogens is 1. The number of benzene rings is 1. The highest BCUT2D eigenvalue weighted by atomic mass is 16.5. The van der Waals surface area contributed by atoms with Crippen molar-refractivity contribution in [2.24, 2.45) is 0 Å². The Bertz CT molecular complexity index is 666. The molecular formula is C15H17N3O4. The minimum Gasteiger partial charge on any atom is -0.487 e. The van der Waals surface area contributed by atoms with E-state index in [0.717, 1.165) is 0 Å². The van der Waals surface area contributed by atoms with Crippen LogP contribution < -0.4 is 10.1 Å². The van der Waals surface area contributed by atoms with Crippen LogP contribution in [0.2, 0.25) is 0 Å². The Balaban J connectivity index is 1.95. The first-order chi connectivity index (χ1) is 10.6. The van der Waals surface area contributed by atoms with E-state index in [9.17, 15) is 9.59 Å². The van der Waals surface area contributed by atoms with Gasteiger partial charge in [0, 0.05) is 12.1 Å². The molecule has 2 aromatic rings. The number of aromatic nitrogens is 2. The number of aromatic amines is 1. The van der Waals surface area contributed by atoms with Gasteiger partial charge in [-0.15, -0.1) is 0 Å². The van der Waals surface area contributed by atoms with E-state index in [1.54, 1.807) is 30.3 Å². The molecule has 0 fully saturated rings. The molecule has 1 heterocycles. The molecule has 7 heteroatoms. The van der Waals surface area contributed by atoms with E-state index in [-0.39, 0.29) is 37.1 Å². The zero-order valence-electron chi connectivity index (χ0n) is 12.1. The van der Waals surface area contributed by atoms with Gasteiger partial charge in [-0.05, 0) is 25.1 Å². The Morgan fingerprint density at radius 3 is 2.91 bits per heavy atom. The highest BCUT2D eigenvalue weighted by molar-refractivity contribution is 5.94. The fourth-order valence-corrected chi connectivity index (χ4v) is 1.78. The van der Waals surface area contributed by atoms with Gasteiger partial charge in [0.15, 0.2) is 5.78 Å². The quantitative estimate of drug-likeness (QED) is 0.660. The van der Waals surface area contributed by atoms with Gasteiger partial charge < -0.3 is 15.2 Å². The Labute approximate surface area is 127 Å². The average Bonchev–Trinajstić information content (AvgIpc) is 3.00. The van der Waals surface area contributed by atoms with Gasteiger partial charge in [0.05, 0.1) is 12.3 Å². The van der Waals surface area contributed by atoms with Crippen molar-refractivity contribution in [1.82, 2.24) is 15.5 Å². The van der Waals surface area contributed by atoms with Crippen molar-refractivity contribution in [1.29, 1.82) is 0 Å². The van der Waals surface area contributed by atoms with Crippen molar-refractivity contribution in [3.8, 4) is 5.75 Å². The van der Waals surface area contributed by atoms with Crippen LogP contribution in [-0.4, -0.2) is 40.1 Å². The van der Waals surface area contributed by atoms with E-state index in [2.05, 4.69) is 15.5 Å². The molecule has 1 aromatic carbocycles. The highest BCUT2D eigenvalue weighted by Gasteiger charge is 2.10. The van der Waals surface area contributed by atoms with Crippen LogP contribution in [0.1, 0.15) is 33.5 Å². The second-order valence-corrected chi connectivity index (χ2v) is 4.63. The molecule has 7 nitrogen and oxygen atoms in total. The number of aliphatic hydroxyl groups is 1. The number of rotatable bonds is 7. The third-order valence-corrected chi connectivity index (χ3v) is 2.90. The first kappa shape index (κ1) is 15.7. The summed E-state index contributed by atoms with van der Waals surface area (Å²) in [6.07, 6.45) is 0. The monoisotopic (exact) mass is 303 g/mol. The van der Waals surface area contributed by atoms with Gasteiger partial charge in [0.1, 0.15) is 18.1 Å². The van der Waals surface area contributed by atoms with Crippen LogP contribution in [0.4, 0.5) is 0 Å². The van der Waals surface area contributed by atoms with Crippen molar-refractivity contribution >= 4 is 11.7 Å². The molecule has 0 aliphatic rings. The number of aliphatic hydroxyl groups excluding tert-OH is 1. The minimum absolute atomic E-state index is 0.0326. The molecule has 0 aliphatic carbocycles. The molecule has 116 valence electrons. The lowest BCUT2D eigenvalue weighted by Gasteiger charge is -2.05. The summed E-state index contributed by atoms with van der Waals surface area (Å²) in [4.78, 5) is 22.9. The standard InChI is InChI=1S/C15H17N3O4/c1-10(20)11-3-2-4-13(7-11)22-9-12-8-14(18-17-12)15(21)16-5-6-19/h2-4,7-8,19H,5-6,9H2,1H3,(H,16,21)(H,17,18). The van der Waals surface area contributed by atoms with E-state index in [1.807, 2.05) is 0 Å². The highest BCUT2D eigenvalue weighted by Crippen LogP contribution is 2.15. The smallest absolute Gasteiger partial charge is 0.271 e. The van der Waals surface area contributed by atoms with Crippen LogP contribution in [0.25, 0.3) is 0 Å². The third kappa shape index (κ3) is 4.16. The van der Waals surface area contributed by atoms with E-state index in [0.29, 0.717) is 17.0 Å². The SMILES string of the molecule is CC(=O)c1cccc(OCc2cc(C(=O)NCCO)n[nH]2)c1. The normalized spacial score (nSPS) is 10.3. The van der Waals surface area contributed by atoms with Crippen molar-refractivity contribution in [3.63, 3.8) is 0 Å². The number of ketones is 1. The lowest BCUT2D eigenvalue weighted by Crippen LogP contribution is -2.26. The summed E-state index contributed by atoms with van der Waals surface area (Å²) in [6, 6.07) is 8.44. The van der Waals surface area contributed by atoms with Crippen molar-refractivity contribution in [3.05, 3.63) is 47.3 Å². The van der Waals surface area contributed by atoms with Gasteiger partial charge in [-0.2, -0.15) is 5.10 Å². The molecule has 0 atom stereocenters. The molecule has 3 N–H and O–H groups in total. The topological polar surface area (TPSA) is 104 Å². The predicted octanol–water partition coefficient (Wildman–Crippen LogP) is 0.913. The first-order valence-corrected chi connectivity index (χ1v) is 6.77. The summed E-state index contributed by atoms with van der Waals surface area (Å²) in [5.74, 6) is 0.165. The molecule has 0 saturated heterocycles. The molecule has 0 spiro atoms. The second-order valence-electron chi connectivity index (χ2n) is 4.63. The van der Waals surface area contributed by atoms with Crippen LogP contribution in [0.3, 0.4) is 0 Å². The van der Waals surface area contributed by atoms with E-state index in [1.165, 1.54) is 6.92 Å². The zero-order chi connectivity index (χ0) is 15.9. The molecule has 0 aliphatic heterocycles. The maximum atomic E-state index is 11.6. The Kier molecular flexibility index (Phi) is 5.26. The van der Waals surface area contributed by atoms with E-state index in [4.69, 9.17) is 9.84 Å². The van der Waals surface area contributed by atoms with Crippen LogP contribution >= 0.6 is 0 Å². The molecule has 1 amide bonds. The van der Waals surface area contributed by atoms with Gasteiger partial charge in [0.2, 0.25) is 0 Å². The van der Waals surface area contributed by atoms with Crippen LogP contribution in [-0.2, 0) is 6.61 Å². The Morgan fingerprint density at radius 2 is 2.18 bits per heavy atom. The number of amides is 1. The number of hydrogen-bond donors (Lipinski definition) is 3. The lowest BCUT2D eigenvalue weighted by molar-refractivity contribution is 0.0939. The molecule has 0 unspecified atom stereocenters. The first-order valence-electron chi connectivity index (χ1n) is 6.77. The predicted molar refractivity (Wildman–Crippen MR) is 78.8 cm³/mol. The maximum absolute atomic E-state index is 11.6. The number of nitrogens with one attached hydrogen (secondary N) is 2. The summed E-state index contributed by atoms with van der Waals surface area (Å²) in [5.41, 5.74) is 1.43. The van der Waals surface area contributed by atoms with Crippen LogP contribution in [0.15, 0.2) is 30.3 Å². The fraction of sp³-hybridized carbons (Fsp3) is 0.267. The molecule has 0 bridgehead atoms. The zero-order valence-corrected chi connectivity index (χ0v) is 12.1. The number of carbonyl (C=O) groups excluding carboxylic acids is 2. The molecule has 0 saturated carbocycles. The fourth-order valence-electron chi connectivity index (χ4n) is 1.78. The van der Waals surface area contributed by atoms with Crippen molar-refractivity contribution in [2.45, 2.75) is 13.5 Å². The van der Waals surface area contributed by atoms with Crippen molar-refractivity contribution in [2.75, 3.05) is 13.2 Å². The minimum atomic E-state index is -0.366. The second kappa shape index (κ2) is 7.37. The number of nitrogens with zero attached hydrogens (tertiary/aromatic N) is 1. The van der Waals surface area contributed by atoms with Crippen LogP contribution in [0, 0.1) is 0 Å². The summed E-state index contributed by atoms with van der Waals surface area (Å²) >= 11 is 0. The molecule has 0 radical (unpaired) electrons. The number of carbonyl (C=O) groups is 2. The molecule has 2 rings (SSSR count).